The molecule has 0 unspecified atom stereocenters. The third-order valence-electron chi connectivity index (χ3n) is 5.46. The summed E-state index contributed by atoms with van der Waals surface area (Å²) in [5.41, 5.74) is 3.63. The van der Waals surface area contributed by atoms with Crippen LogP contribution < -0.4 is 10.6 Å². The number of urea groups is 1. The van der Waals surface area contributed by atoms with E-state index in [1.807, 2.05) is 37.8 Å². The second-order valence-corrected chi connectivity index (χ2v) is 9.68. The van der Waals surface area contributed by atoms with Gasteiger partial charge in [0.1, 0.15) is 0 Å². The summed E-state index contributed by atoms with van der Waals surface area (Å²) in [4.78, 5) is 26.5. The molecular formula is C22H28N4O4S. The minimum absolute atomic E-state index is 0.0264. The largest absolute Gasteiger partial charge is 0.325 e. The molecule has 9 heteroatoms. The zero-order valence-corrected chi connectivity index (χ0v) is 18.8. The van der Waals surface area contributed by atoms with Crippen molar-refractivity contribution in [1.82, 2.24) is 14.5 Å². The summed E-state index contributed by atoms with van der Waals surface area (Å²) in [5, 5.41) is 5.02. The third kappa shape index (κ3) is 5.69. The smallest absolute Gasteiger partial charge is 0.307 e. The van der Waals surface area contributed by atoms with Crippen LogP contribution in [0.2, 0.25) is 0 Å². The topological polar surface area (TPSA) is 98.8 Å². The molecule has 1 aliphatic heterocycles. The van der Waals surface area contributed by atoms with Gasteiger partial charge >= 0.3 is 6.03 Å². The van der Waals surface area contributed by atoms with Gasteiger partial charge in [-0.15, -0.1) is 0 Å². The highest BCUT2D eigenvalue weighted by Gasteiger charge is 2.29. The Hall–Kier alpha value is -2.75. The standard InChI is InChI=1S/C22H28N4O4S/c1-16-7-9-19(10-8-16)31(29,30)26-13-11-25(12-14-26)15-21(27)24-22(28)23-20-6-4-5-17(2)18(20)3/h4-10H,11-15H2,1-3H3,(H2,23,24,27,28). The molecule has 0 aromatic heterocycles. The van der Waals surface area contributed by atoms with Crippen molar-refractivity contribution in [3.05, 3.63) is 59.2 Å². The van der Waals surface area contributed by atoms with Gasteiger partial charge in [0.25, 0.3) is 0 Å². The van der Waals surface area contributed by atoms with E-state index in [1.165, 1.54) is 4.31 Å². The Bertz CT molecular complexity index is 1060. The highest BCUT2D eigenvalue weighted by atomic mass is 32.2. The van der Waals surface area contributed by atoms with Crippen molar-refractivity contribution in [3.63, 3.8) is 0 Å². The summed E-state index contributed by atoms with van der Waals surface area (Å²) in [5.74, 6) is -0.433. The van der Waals surface area contributed by atoms with Crippen LogP contribution in [0, 0.1) is 20.8 Å². The maximum absolute atomic E-state index is 12.8. The van der Waals surface area contributed by atoms with Gasteiger partial charge in [-0.1, -0.05) is 29.8 Å². The van der Waals surface area contributed by atoms with Gasteiger partial charge in [0.2, 0.25) is 15.9 Å². The van der Waals surface area contributed by atoms with Gasteiger partial charge in [-0.3, -0.25) is 15.0 Å². The number of carbonyl (C=O) groups excluding carboxylic acids is 2. The summed E-state index contributed by atoms with van der Waals surface area (Å²) in [6, 6.07) is 11.7. The number of carbonyl (C=O) groups is 2. The van der Waals surface area contributed by atoms with Crippen LogP contribution >= 0.6 is 0 Å². The van der Waals surface area contributed by atoms with E-state index in [-0.39, 0.29) is 24.5 Å². The summed E-state index contributed by atoms with van der Waals surface area (Å²) in [6.45, 7) is 7.19. The molecule has 1 fully saturated rings. The zero-order valence-electron chi connectivity index (χ0n) is 18.0. The van der Waals surface area contributed by atoms with E-state index in [0.29, 0.717) is 18.8 Å². The molecule has 0 bridgehead atoms. The van der Waals surface area contributed by atoms with E-state index in [4.69, 9.17) is 0 Å². The first-order valence-corrected chi connectivity index (χ1v) is 11.6. The minimum Gasteiger partial charge on any atom is -0.307 e. The lowest BCUT2D eigenvalue weighted by Gasteiger charge is -2.33. The van der Waals surface area contributed by atoms with Crippen LogP contribution in [0.5, 0.6) is 0 Å². The molecule has 0 atom stereocenters. The van der Waals surface area contributed by atoms with Crippen molar-refractivity contribution in [1.29, 1.82) is 0 Å². The highest BCUT2D eigenvalue weighted by Crippen LogP contribution is 2.19. The maximum atomic E-state index is 12.8. The van der Waals surface area contributed by atoms with Crippen molar-refractivity contribution >= 4 is 27.6 Å². The van der Waals surface area contributed by atoms with Crippen LogP contribution in [0.25, 0.3) is 0 Å². The molecule has 8 nitrogen and oxygen atoms in total. The van der Waals surface area contributed by atoms with E-state index in [0.717, 1.165) is 16.7 Å². The normalized spacial score (nSPS) is 15.5. The SMILES string of the molecule is Cc1ccc(S(=O)(=O)N2CCN(CC(=O)NC(=O)Nc3cccc(C)c3C)CC2)cc1. The number of benzene rings is 2. The van der Waals surface area contributed by atoms with Crippen molar-refractivity contribution < 1.29 is 18.0 Å². The molecule has 0 spiro atoms. The van der Waals surface area contributed by atoms with E-state index in [2.05, 4.69) is 10.6 Å². The predicted octanol–water partition coefficient (Wildman–Crippen LogP) is 2.27. The second-order valence-electron chi connectivity index (χ2n) is 7.74. The van der Waals surface area contributed by atoms with E-state index >= 15 is 0 Å². The van der Waals surface area contributed by atoms with Crippen molar-refractivity contribution in [2.24, 2.45) is 0 Å². The van der Waals surface area contributed by atoms with E-state index < -0.39 is 22.0 Å². The van der Waals surface area contributed by atoms with Crippen LogP contribution in [0.3, 0.4) is 0 Å². The monoisotopic (exact) mass is 444 g/mol. The van der Waals surface area contributed by atoms with Crippen LogP contribution in [0.4, 0.5) is 10.5 Å². The Morgan fingerprint density at radius 3 is 2.23 bits per heavy atom. The first-order chi connectivity index (χ1) is 14.7. The summed E-state index contributed by atoms with van der Waals surface area (Å²) in [7, 11) is -3.55. The molecule has 31 heavy (non-hydrogen) atoms. The fourth-order valence-corrected chi connectivity index (χ4v) is 4.82. The number of hydrogen-bond acceptors (Lipinski definition) is 5. The first-order valence-electron chi connectivity index (χ1n) is 10.1. The molecule has 0 saturated carbocycles. The van der Waals surface area contributed by atoms with Gasteiger partial charge in [0, 0.05) is 31.9 Å². The van der Waals surface area contributed by atoms with Gasteiger partial charge < -0.3 is 5.32 Å². The molecule has 1 heterocycles. The Balaban J connectivity index is 1.49. The van der Waals surface area contributed by atoms with Crippen molar-refractivity contribution in [2.75, 3.05) is 38.0 Å². The summed E-state index contributed by atoms with van der Waals surface area (Å²) < 4.78 is 27.0. The Morgan fingerprint density at radius 2 is 1.58 bits per heavy atom. The highest BCUT2D eigenvalue weighted by molar-refractivity contribution is 7.89. The van der Waals surface area contributed by atoms with Gasteiger partial charge in [-0.2, -0.15) is 4.31 Å². The van der Waals surface area contributed by atoms with Crippen LogP contribution in [-0.2, 0) is 14.8 Å². The van der Waals surface area contributed by atoms with Crippen LogP contribution in [-0.4, -0.2) is 62.3 Å². The summed E-state index contributed by atoms with van der Waals surface area (Å²) >= 11 is 0. The third-order valence-corrected chi connectivity index (χ3v) is 7.38. The maximum Gasteiger partial charge on any atom is 0.325 e. The fraction of sp³-hybridized carbons (Fsp3) is 0.364. The van der Waals surface area contributed by atoms with Gasteiger partial charge in [0.05, 0.1) is 11.4 Å². The Kier molecular flexibility index (Phi) is 7.09. The quantitative estimate of drug-likeness (QED) is 0.737. The minimum atomic E-state index is -3.55. The number of sulfonamides is 1. The lowest BCUT2D eigenvalue weighted by Crippen LogP contribution is -2.51. The second kappa shape index (κ2) is 9.59. The molecule has 1 aliphatic rings. The van der Waals surface area contributed by atoms with Crippen molar-refractivity contribution in [3.8, 4) is 0 Å². The van der Waals surface area contributed by atoms with E-state index in [1.54, 1.807) is 30.3 Å². The lowest BCUT2D eigenvalue weighted by molar-refractivity contribution is -0.121. The average Bonchev–Trinajstić information content (AvgIpc) is 2.72. The summed E-state index contributed by atoms with van der Waals surface area (Å²) in [6.07, 6.45) is 0. The molecule has 2 aromatic carbocycles. The molecule has 2 N–H and O–H groups in total. The first kappa shape index (κ1) is 22.9. The fourth-order valence-electron chi connectivity index (χ4n) is 3.40. The molecule has 3 rings (SSSR count). The van der Waals surface area contributed by atoms with Gasteiger partial charge in [-0.25, -0.2) is 13.2 Å². The van der Waals surface area contributed by atoms with Crippen LogP contribution in [0.1, 0.15) is 16.7 Å². The number of aryl methyl sites for hydroxylation is 2. The number of amides is 3. The average molecular weight is 445 g/mol. The number of imide groups is 1. The van der Waals surface area contributed by atoms with E-state index in [9.17, 15) is 18.0 Å². The molecule has 1 saturated heterocycles. The number of anilines is 1. The molecule has 0 radical (unpaired) electrons. The number of piperazine rings is 1. The number of nitrogens with one attached hydrogen (secondary N) is 2. The molecule has 2 aromatic rings. The number of nitrogens with zero attached hydrogens (tertiary/aromatic N) is 2. The number of hydrogen-bond donors (Lipinski definition) is 2. The van der Waals surface area contributed by atoms with Gasteiger partial charge in [-0.05, 0) is 50.1 Å². The Morgan fingerprint density at radius 1 is 0.935 bits per heavy atom. The predicted molar refractivity (Wildman–Crippen MR) is 119 cm³/mol. The lowest BCUT2D eigenvalue weighted by atomic mass is 10.1. The van der Waals surface area contributed by atoms with Crippen LogP contribution in [0.15, 0.2) is 47.4 Å². The molecule has 0 aliphatic carbocycles. The number of rotatable bonds is 5. The molecule has 166 valence electrons. The molecule has 3 amide bonds. The molecular weight excluding hydrogens is 416 g/mol. The zero-order chi connectivity index (χ0) is 22.6. The van der Waals surface area contributed by atoms with Crippen molar-refractivity contribution in [2.45, 2.75) is 25.7 Å². The van der Waals surface area contributed by atoms with Gasteiger partial charge in [0.15, 0.2) is 0 Å². The Labute approximate surface area is 183 Å².